The van der Waals surface area contributed by atoms with Crippen molar-refractivity contribution in [2.75, 3.05) is 0 Å². The molecule has 0 fully saturated rings. The van der Waals surface area contributed by atoms with E-state index in [1.54, 1.807) is 65.4 Å². The number of rotatable bonds is 5. The summed E-state index contributed by atoms with van der Waals surface area (Å²) in [7, 11) is 0. The van der Waals surface area contributed by atoms with Gasteiger partial charge in [0.05, 0.1) is 17.5 Å². The average molecular weight is 368 g/mol. The number of hydrogen-bond acceptors (Lipinski definition) is 3. The number of carboxylic acid groups (broad SMARTS) is 1. The molecule has 0 aliphatic heterocycles. The van der Waals surface area contributed by atoms with Crippen LogP contribution in [0.5, 0.6) is 0 Å². The van der Waals surface area contributed by atoms with E-state index in [-0.39, 0.29) is 11.5 Å². The molecule has 0 saturated carbocycles. The number of benzene rings is 2. The molecule has 1 heterocycles. The molecule has 3 rings (SSSR count). The van der Waals surface area contributed by atoms with E-state index >= 15 is 0 Å². The predicted molar refractivity (Wildman–Crippen MR) is 99.2 cm³/mol. The van der Waals surface area contributed by atoms with Gasteiger partial charge in [0.15, 0.2) is 0 Å². The third-order valence-corrected chi connectivity index (χ3v) is 3.84. The van der Waals surface area contributed by atoms with Crippen LogP contribution in [0.4, 0.5) is 0 Å². The van der Waals surface area contributed by atoms with E-state index in [2.05, 4.69) is 10.5 Å². The SMILES string of the molecule is O=C(O)c1cccc(-n2cccc2/C=N\NC(=O)c2cccc(Cl)c2)c1. The number of nitrogens with zero attached hydrogens (tertiary/aromatic N) is 2. The molecule has 0 spiro atoms. The summed E-state index contributed by atoms with van der Waals surface area (Å²) in [4.78, 5) is 23.2. The van der Waals surface area contributed by atoms with Crippen molar-refractivity contribution in [3.8, 4) is 5.69 Å². The van der Waals surface area contributed by atoms with Crippen molar-refractivity contribution in [3.05, 3.63) is 88.7 Å². The van der Waals surface area contributed by atoms with Gasteiger partial charge in [-0.25, -0.2) is 10.2 Å². The zero-order valence-corrected chi connectivity index (χ0v) is 14.2. The van der Waals surface area contributed by atoms with E-state index in [1.165, 1.54) is 12.3 Å². The molecule has 6 nitrogen and oxygen atoms in total. The Bertz CT molecular complexity index is 995. The number of carboxylic acids is 1. The lowest BCUT2D eigenvalue weighted by Gasteiger charge is -2.07. The minimum absolute atomic E-state index is 0.188. The highest BCUT2D eigenvalue weighted by Crippen LogP contribution is 2.14. The number of halogens is 1. The highest BCUT2D eigenvalue weighted by atomic mass is 35.5. The fraction of sp³-hybridized carbons (Fsp3) is 0. The van der Waals surface area contributed by atoms with Gasteiger partial charge >= 0.3 is 5.97 Å². The summed E-state index contributed by atoms with van der Waals surface area (Å²) >= 11 is 5.86. The number of aromatic nitrogens is 1. The first-order chi connectivity index (χ1) is 12.5. The molecular weight excluding hydrogens is 354 g/mol. The van der Waals surface area contributed by atoms with Gasteiger partial charge in [0.2, 0.25) is 0 Å². The summed E-state index contributed by atoms with van der Waals surface area (Å²) < 4.78 is 1.77. The summed E-state index contributed by atoms with van der Waals surface area (Å²) in [5.41, 5.74) is 4.39. The van der Waals surface area contributed by atoms with E-state index < -0.39 is 5.97 Å². The lowest BCUT2D eigenvalue weighted by molar-refractivity contribution is 0.0696. The second-order valence-electron chi connectivity index (χ2n) is 5.37. The van der Waals surface area contributed by atoms with Crippen molar-refractivity contribution in [2.24, 2.45) is 5.10 Å². The fourth-order valence-corrected chi connectivity index (χ4v) is 2.56. The molecule has 1 amide bonds. The van der Waals surface area contributed by atoms with Crippen LogP contribution in [0, 0.1) is 0 Å². The van der Waals surface area contributed by atoms with Gasteiger partial charge in [0.25, 0.3) is 5.91 Å². The molecule has 0 aliphatic rings. The lowest BCUT2D eigenvalue weighted by atomic mass is 10.2. The number of aromatic carboxylic acids is 1. The van der Waals surface area contributed by atoms with Crippen LogP contribution in [-0.2, 0) is 0 Å². The molecule has 26 heavy (non-hydrogen) atoms. The number of carbonyl (C=O) groups excluding carboxylic acids is 1. The molecule has 2 N–H and O–H groups in total. The van der Waals surface area contributed by atoms with E-state index in [9.17, 15) is 9.59 Å². The van der Waals surface area contributed by atoms with Gasteiger partial charge in [-0.2, -0.15) is 5.10 Å². The Kier molecular flexibility index (Phi) is 5.15. The van der Waals surface area contributed by atoms with Gasteiger partial charge in [0, 0.05) is 22.5 Å². The van der Waals surface area contributed by atoms with Crippen molar-refractivity contribution in [3.63, 3.8) is 0 Å². The van der Waals surface area contributed by atoms with E-state index in [1.807, 2.05) is 0 Å². The van der Waals surface area contributed by atoms with E-state index in [0.717, 1.165) is 0 Å². The number of hydrazone groups is 1. The topological polar surface area (TPSA) is 83.7 Å². The second-order valence-corrected chi connectivity index (χ2v) is 5.80. The first kappa shape index (κ1) is 17.4. The monoisotopic (exact) mass is 367 g/mol. The molecule has 0 atom stereocenters. The highest BCUT2D eigenvalue weighted by Gasteiger charge is 2.07. The molecular formula is C19H14ClN3O3. The molecule has 0 saturated heterocycles. The normalized spacial score (nSPS) is 10.8. The van der Waals surface area contributed by atoms with Crippen LogP contribution >= 0.6 is 11.6 Å². The molecule has 130 valence electrons. The van der Waals surface area contributed by atoms with Crippen LogP contribution < -0.4 is 5.43 Å². The summed E-state index contributed by atoms with van der Waals surface area (Å²) in [6.07, 6.45) is 3.26. The number of hydrogen-bond donors (Lipinski definition) is 2. The Morgan fingerprint density at radius 3 is 2.58 bits per heavy atom. The Morgan fingerprint density at radius 1 is 1.04 bits per heavy atom. The van der Waals surface area contributed by atoms with Gasteiger partial charge < -0.3 is 9.67 Å². The third kappa shape index (κ3) is 3.99. The maximum atomic E-state index is 12.0. The second kappa shape index (κ2) is 7.67. The van der Waals surface area contributed by atoms with Crippen molar-refractivity contribution in [1.29, 1.82) is 0 Å². The number of nitrogens with one attached hydrogen (secondary N) is 1. The molecule has 0 bridgehead atoms. The van der Waals surface area contributed by atoms with Gasteiger partial charge in [-0.05, 0) is 48.5 Å². The van der Waals surface area contributed by atoms with Crippen LogP contribution in [0.25, 0.3) is 5.69 Å². The maximum absolute atomic E-state index is 12.0. The van der Waals surface area contributed by atoms with E-state index in [4.69, 9.17) is 16.7 Å². The van der Waals surface area contributed by atoms with Gasteiger partial charge in [-0.15, -0.1) is 0 Å². The minimum atomic E-state index is -0.997. The van der Waals surface area contributed by atoms with Crippen LogP contribution in [0.2, 0.25) is 5.02 Å². The smallest absolute Gasteiger partial charge is 0.335 e. The minimum Gasteiger partial charge on any atom is -0.478 e. The lowest BCUT2D eigenvalue weighted by Crippen LogP contribution is -2.17. The molecule has 0 radical (unpaired) electrons. The van der Waals surface area contributed by atoms with Crippen LogP contribution in [0.3, 0.4) is 0 Å². The molecule has 3 aromatic rings. The molecule has 2 aromatic carbocycles. The summed E-state index contributed by atoms with van der Waals surface area (Å²) in [6.45, 7) is 0. The largest absolute Gasteiger partial charge is 0.478 e. The maximum Gasteiger partial charge on any atom is 0.335 e. The molecule has 1 aromatic heterocycles. The van der Waals surface area contributed by atoms with Crippen LogP contribution in [0.15, 0.2) is 72.0 Å². The first-order valence-corrected chi connectivity index (χ1v) is 8.02. The molecule has 0 unspecified atom stereocenters. The summed E-state index contributed by atoms with van der Waals surface area (Å²) in [5.74, 6) is -1.38. The Balaban J connectivity index is 1.77. The van der Waals surface area contributed by atoms with Crippen molar-refractivity contribution >= 4 is 29.7 Å². The zero-order valence-electron chi connectivity index (χ0n) is 13.5. The first-order valence-electron chi connectivity index (χ1n) is 7.64. The Morgan fingerprint density at radius 2 is 1.81 bits per heavy atom. The van der Waals surface area contributed by atoms with Gasteiger partial charge in [-0.1, -0.05) is 23.7 Å². The van der Waals surface area contributed by atoms with Crippen LogP contribution in [-0.4, -0.2) is 27.8 Å². The fourth-order valence-electron chi connectivity index (χ4n) is 2.37. The Labute approximate surface area is 154 Å². The van der Waals surface area contributed by atoms with E-state index in [0.29, 0.717) is 22.0 Å². The summed E-state index contributed by atoms with van der Waals surface area (Å²) in [5, 5.41) is 13.5. The van der Waals surface area contributed by atoms with Crippen molar-refractivity contribution < 1.29 is 14.7 Å². The quantitative estimate of drug-likeness (QED) is 0.534. The van der Waals surface area contributed by atoms with Crippen LogP contribution in [0.1, 0.15) is 26.4 Å². The van der Waals surface area contributed by atoms with Gasteiger partial charge in [0.1, 0.15) is 0 Å². The standard InChI is InChI=1S/C19H14ClN3O3/c20-15-6-1-4-13(10-15)18(24)22-21-12-17-8-3-9-23(17)16-7-2-5-14(11-16)19(25)26/h1-12H,(H,22,24)(H,25,26)/b21-12-. The van der Waals surface area contributed by atoms with Gasteiger partial charge in [-0.3, -0.25) is 4.79 Å². The average Bonchev–Trinajstić information content (AvgIpc) is 3.10. The zero-order chi connectivity index (χ0) is 18.5. The Hall–Kier alpha value is -3.38. The third-order valence-electron chi connectivity index (χ3n) is 3.60. The number of carbonyl (C=O) groups is 2. The van der Waals surface area contributed by atoms with Crippen molar-refractivity contribution in [1.82, 2.24) is 9.99 Å². The molecule has 0 aliphatic carbocycles. The number of amides is 1. The highest BCUT2D eigenvalue weighted by molar-refractivity contribution is 6.30. The predicted octanol–water partition coefficient (Wildman–Crippen LogP) is 3.59. The molecule has 7 heteroatoms. The summed E-state index contributed by atoms with van der Waals surface area (Å²) in [6, 6.07) is 16.7. The van der Waals surface area contributed by atoms with Crippen molar-refractivity contribution in [2.45, 2.75) is 0 Å².